The summed E-state index contributed by atoms with van der Waals surface area (Å²) in [7, 11) is 0. The Morgan fingerprint density at radius 2 is 1.84 bits per heavy atom. The van der Waals surface area contributed by atoms with Crippen molar-refractivity contribution in [3.05, 3.63) is 65.8 Å². The lowest BCUT2D eigenvalue weighted by molar-refractivity contribution is 0.0716. The monoisotopic (exact) mass is 341 g/mol. The van der Waals surface area contributed by atoms with E-state index in [0.29, 0.717) is 11.5 Å². The fourth-order valence-electron chi connectivity index (χ4n) is 2.37. The summed E-state index contributed by atoms with van der Waals surface area (Å²) in [5, 5.41) is 9.95. The van der Waals surface area contributed by atoms with E-state index in [-0.39, 0.29) is 24.1 Å². The number of hydrogen-bond acceptors (Lipinski definition) is 6. The van der Waals surface area contributed by atoms with Crippen LogP contribution in [0.25, 0.3) is 0 Å². The Balaban J connectivity index is 1.48. The van der Waals surface area contributed by atoms with Crippen LogP contribution in [0.15, 0.2) is 52.9 Å². The third-order valence-corrected chi connectivity index (χ3v) is 3.56. The van der Waals surface area contributed by atoms with Crippen molar-refractivity contribution in [2.75, 3.05) is 11.9 Å². The summed E-state index contributed by atoms with van der Waals surface area (Å²) >= 11 is 0. The number of hydrogen-bond donors (Lipinski definition) is 1. The van der Waals surface area contributed by atoms with Gasteiger partial charge in [0.1, 0.15) is 12.4 Å². The van der Waals surface area contributed by atoms with E-state index in [9.17, 15) is 9.18 Å². The minimum Gasteiger partial charge on any atom is -0.485 e. The maximum absolute atomic E-state index is 13.6. The average molecular weight is 341 g/mol. The van der Waals surface area contributed by atoms with E-state index in [1.807, 2.05) is 12.1 Å². The SMILES string of the molecule is O=C(Nc1nnc(C2COc3ccccc3O2)o1)c1ccccc1F. The zero-order valence-corrected chi connectivity index (χ0v) is 12.8. The molecule has 2 aromatic carbocycles. The van der Waals surface area contributed by atoms with Crippen molar-refractivity contribution < 1.29 is 23.1 Å². The van der Waals surface area contributed by atoms with E-state index in [1.165, 1.54) is 18.2 Å². The summed E-state index contributed by atoms with van der Waals surface area (Å²) in [6.45, 7) is 0.194. The minimum absolute atomic E-state index is 0.117. The lowest BCUT2D eigenvalue weighted by Crippen LogP contribution is -2.21. The molecule has 7 nitrogen and oxygen atoms in total. The van der Waals surface area contributed by atoms with Gasteiger partial charge in [-0.1, -0.05) is 29.4 Å². The van der Waals surface area contributed by atoms with Crippen molar-refractivity contribution in [3.63, 3.8) is 0 Å². The Labute approximate surface area is 141 Å². The van der Waals surface area contributed by atoms with Crippen molar-refractivity contribution in [1.82, 2.24) is 10.2 Å². The zero-order chi connectivity index (χ0) is 17.2. The Bertz CT molecular complexity index is 928. The number of carbonyl (C=O) groups excluding carboxylic acids is 1. The topological polar surface area (TPSA) is 86.5 Å². The number of carbonyl (C=O) groups is 1. The number of benzene rings is 2. The van der Waals surface area contributed by atoms with Gasteiger partial charge in [0.2, 0.25) is 6.10 Å². The highest BCUT2D eigenvalue weighted by Gasteiger charge is 2.27. The first kappa shape index (κ1) is 15.1. The zero-order valence-electron chi connectivity index (χ0n) is 12.8. The van der Waals surface area contributed by atoms with Gasteiger partial charge in [0, 0.05) is 0 Å². The van der Waals surface area contributed by atoms with Gasteiger partial charge in [-0.15, -0.1) is 5.10 Å². The molecular formula is C17H12FN3O4. The summed E-state index contributed by atoms with van der Waals surface area (Å²) in [6.07, 6.45) is -0.596. The molecule has 1 atom stereocenters. The summed E-state index contributed by atoms with van der Waals surface area (Å²) in [4.78, 5) is 12.0. The predicted molar refractivity (Wildman–Crippen MR) is 84.0 cm³/mol. The first-order chi connectivity index (χ1) is 12.2. The van der Waals surface area contributed by atoms with Crippen LogP contribution in [0.5, 0.6) is 11.5 Å². The third kappa shape index (κ3) is 3.01. The quantitative estimate of drug-likeness (QED) is 0.788. The Morgan fingerprint density at radius 1 is 1.08 bits per heavy atom. The molecule has 1 amide bonds. The molecule has 1 aromatic heterocycles. The second-order valence-electron chi connectivity index (χ2n) is 5.24. The van der Waals surface area contributed by atoms with E-state index < -0.39 is 17.8 Å². The molecule has 0 saturated carbocycles. The molecular weight excluding hydrogens is 329 g/mol. The Kier molecular flexibility index (Phi) is 3.77. The van der Waals surface area contributed by atoms with Gasteiger partial charge in [0.15, 0.2) is 11.5 Å². The van der Waals surface area contributed by atoms with E-state index in [1.54, 1.807) is 18.2 Å². The number of para-hydroxylation sites is 2. The van der Waals surface area contributed by atoms with Gasteiger partial charge in [-0.2, -0.15) is 0 Å². The van der Waals surface area contributed by atoms with Crippen LogP contribution < -0.4 is 14.8 Å². The van der Waals surface area contributed by atoms with Crippen LogP contribution in [0.1, 0.15) is 22.4 Å². The number of rotatable bonds is 3. The number of aromatic nitrogens is 2. The Hall–Kier alpha value is -3.42. The number of halogens is 1. The molecule has 0 saturated heterocycles. The van der Waals surface area contributed by atoms with Gasteiger partial charge in [-0.25, -0.2) is 4.39 Å². The molecule has 1 N–H and O–H groups in total. The largest absolute Gasteiger partial charge is 0.485 e. The maximum atomic E-state index is 13.6. The molecule has 2 heterocycles. The molecule has 126 valence electrons. The molecule has 0 aliphatic carbocycles. The lowest BCUT2D eigenvalue weighted by atomic mass is 10.2. The standard InChI is InChI=1S/C17H12FN3O4/c18-11-6-2-1-5-10(11)15(22)19-17-21-20-16(25-17)14-9-23-12-7-3-4-8-13(12)24-14/h1-8,14H,9H2,(H,19,21,22). The highest BCUT2D eigenvalue weighted by Crippen LogP contribution is 2.35. The number of ether oxygens (including phenoxy) is 2. The van der Waals surface area contributed by atoms with Crippen LogP contribution in [0.2, 0.25) is 0 Å². The van der Waals surface area contributed by atoms with Crippen molar-refractivity contribution >= 4 is 11.9 Å². The molecule has 0 fully saturated rings. The van der Waals surface area contributed by atoms with E-state index in [4.69, 9.17) is 13.9 Å². The van der Waals surface area contributed by atoms with E-state index >= 15 is 0 Å². The van der Waals surface area contributed by atoms with Crippen LogP contribution >= 0.6 is 0 Å². The molecule has 0 radical (unpaired) electrons. The highest BCUT2D eigenvalue weighted by molar-refractivity contribution is 6.03. The Morgan fingerprint density at radius 3 is 2.68 bits per heavy atom. The molecule has 8 heteroatoms. The molecule has 1 aliphatic heterocycles. The fourth-order valence-corrected chi connectivity index (χ4v) is 2.37. The summed E-state index contributed by atoms with van der Waals surface area (Å²) < 4.78 is 30.3. The van der Waals surface area contributed by atoms with Crippen molar-refractivity contribution in [2.24, 2.45) is 0 Å². The minimum atomic E-state index is -0.681. The lowest BCUT2D eigenvalue weighted by Gasteiger charge is -2.23. The van der Waals surface area contributed by atoms with Gasteiger partial charge in [0.25, 0.3) is 11.8 Å². The number of amides is 1. The molecule has 0 bridgehead atoms. The average Bonchev–Trinajstić information content (AvgIpc) is 3.10. The van der Waals surface area contributed by atoms with Gasteiger partial charge < -0.3 is 13.9 Å². The summed E-state index contributed by atoms with van der Waals surface area (Å²) in [5.74, 6) is 0.0263. The van der Waals surface area contributed by atoms with Crippen LogP contribution in [0.4, 0.5) is 10.4 Å². The smallest absolute Gasteiger partial charge is 0.322 e. The second-order valence-corrected chi connectivity index (χ2v) is 5.24. The van der Waals surface area contributed by atoms with Gasteiger partial charge >= 0.3 is 6.01 Å². The van der Waals surface area contributed by atoms with Crippen molar-refractivity contribution in [2.45, 2.75) is 6.10 Å². The maximum Gasteiger partial charge on any atom is 0.322 e. The number of nitrogens with one attached hydrogen (secondary N) is 1. The molecule has 25 heavy (non-hydrogen) atoms. The number of nitrogens with zero attached hydrogens (tertiary/aromatic N) is 2. The van der Waals surface area contributed by atoms with Gasteiger partial charge in [-0.3, -0.25) is 10.1 Å². The molecule has 0 spiro atoms. The molecule has 3 aromatic rings. The summed E-state index contributed by atoms with van der Waals surface area (Å²) in [6, 6.07) is 12.7. The van der Waals surface area contributed by atoms with Crippen LogP contribution in [0, 0.1) is 5.82 Å². The second kappa shape index (κ2) is 6.23. The van der Waals surface area contributed by atoms with Crippen LogP contribution in [-0.2, 0) is 0 Å². The highest BCUT2D eigenvalue weighted by atomic mass is 19.1. The van der Waals surface area contributed by atoms with Crippen molar-refractivity contribution in [3.8, 4) is 11.5 Å². The number of anilines is 1. The first-order valence-electron chi connectivity index (χ1n) is 7.48. The summed E-state index contributed by atoms with van der Waals surface area (Å²) in [5.41, 5.74) is -0.117. The van der Waals surface area contributed by atoms with Crippen LogP contribution in [0.3, 0.4) is 0 Å². The third-order valence-electron chi connectivity index (χ3n) is 3.56. The fraction of sp³-hybridized carbons (Fsp3) is 0.118. The van der Waals surface area contributed by atoms with Gasteiger partial charge in [-0.05, 0) is 24.3 Å². The molecule has 4 rings (SSSR count). The number of fused-ring (bicyclic) bond motifs is 1. The predicted octanol–water partition coefficient (Wildman–Crippen LogP) is 2.97. The molecule has 1 aliphatic rings. The first-order valence-corrected chi connectivity index (χ1v) is 7.48. The van der Waals surface area contributed by atoms with Gasteiger partial charge in [0.05, 0.1) is 5.56 Å². The van der Waals surface area contributed by atoms with Crippen LogP contribution in [-0.4, -0.2) is 22.7 Å². The normalized spacial score (nSPS) is 15.6. The molecule has 1 unspecified atom stereocenters. The van der Waals surface area contributed by atoms with E-state index in [0.717, 1.165) is 0 Å². The van der Waals surface area contributed by atoms with E-state index in [2.05, 4.69) is 15.5 Å². The van der Waals surface area contributed by atoms with Crippen molar-refractivity contribution in [1.29, 1.82) is 0 Å².